The second kappa shape index (κ2) is 5.21. The summed E-state index contributed by atoms with van der Waals surface area (Å²) in [5, 5.41) is 13.9. The summed E-state index contributed by atoms with van der Waals surface area (Å²) in [6.45, 7) is 0. The molecule has 2 aromatic carbocycles. The van der Waals surface area contributed by atoms with E-state index in [1.807, 2.05) is 0 Å². The van der Waals surface area contributed by atoms with E-state index < -0.39 is 10.8 Å². The van der Waals surface area contributed by atoms with Crippen LogP contribution in [0.2, 0.25) is 0 Å². The molecule has 0 radical (unpaired) electrons. The highest BCUT2D eigenvalue weighted by atomic mass is 16.6. The van der Waals surface area contributed by atoms with Gasteiger partial charge >= 0.3 is 0 Å². The molecule has 7 nitrogen and oxygen atoms in total. The number of nitrogen functional groups attached to an aromatic ring is 1. The van der Waals surface area contributed by atoms with Crippen LogP contribution in [0.5, 0.6) is 0 Å². The molecule has 1 aromatic heterocycles. The summed E-state index contributed by atoms with van der Waals surface area (Å²) in [4.78, 5) is 22.4. The number of amides is 1. The van der Waals surface area contributed by atoms with Crippen molar-refractivity contribution in [2.75, 3.05) is 11.1 Å². The Morgan fingerprint density at radius 2 is 1.95 bits per heavy atom. The predicted octanol–water partition coefficient (Wildman–Crippen LogP) is 3.18. The number of rotatable bonds is 3. The van der Waals surface area contributed by atoms with Crippen molar-refractivity contribution in [3.05, 3.63) is 64.4 Å². The zero-order chi connectivity index (χ0) is 15.7. The molecule has 0 saturated carbocycles. The normalized spacial score (nSPS) is 10.5. The Morgan fingerprint density at radius 1 is 1.18 bits per heavy atom. The van der Waals surface area contributed by atoms with Crippen molar-refractivity contribution >= 4 is 33.9 Å². The Hall–Kier alpha value is -3.35. The van der Waals surface area contributed by atoms with Crippen LogP contribution in [0.25, 0.3) is 11.0 Å². The maximum absolute atomic E-state index is 12.2. The lowest BCUT2D eigenvalue weighted by molar-refractivity contribution is -0.384. The maximum Gasteiger partial charge on any atom is 0.291 e. The van der Waals surface area contributed by atoms with E-state index in [4.69, 9.17) is 10.2 Å². The van der Waals surface area contributed by atoms with Crippen LogP contribution in [-0.2, 0) is 0 Å². The molecule has 1 heterocycles. The summed E-state index contributed by atoms with van der Waals surface area (Å²) in [5.41, 5.74) is 7.00. The number of nitro benzene ring substituents is 1. The van der Waals surface area contributed by atoms with Crippen LogP contribution in [0.3, 0.4) is 0 Å². The summed E-state index contributed by atoms with van der Waals surface area (Å²) >= 11 is 0. The molecule has 0 fully saturated rings. The van der Waals surface area contributed by atoms with Crippen molar-refractivity contribution in [3.8, 4) is 0 Å². The molecule has 3 aromatic rings. The van der Waals surface area contributed by atoms with E-state index in [2.05, 4.69) is 5.32 Å². The number of benzene rings is 2. The van der Waals surface area contributed by atoms with Crippen molar-refractivity contribution in [2.45, 2.75) is 0 Å². The molecule has 1 amide bonds. The highest BCUT2D eigenvalue weighted by molar-refractivity contribution is 6.06. The first kappa shape index (κ1) is 13.6. The molecular weight excluding hydrogens is 286 g/mol. The maximum atomic E-state index is 12.2. The van der Waals surface area contributed by atoms with E-state index in [0.717, 1.165) is 0 Å². The van der Waals surface area contributed by atoms with E-state index >= 15 is 0 Å². The van der Waals surface area contributed by atoms with Crippen molar-refractivity contribution in [3.63, 3.8) is 0 Å². The first-order valence-electron chi connectivity index (χ1n) is 6.38. The third-order valence-corrected chi connectivity index (χ3v) is 3.14. The molecule has 7 heteroatoms. The summed E-state index contributed by atoms with van der Waals surface area (Å²) in [6, 6.07) is 12.4. The minimum absolute atomic E-state index is 0.0544. The number of furan rings is 1. The monoisotopic (exact) mass is 297 g/mol. The number of nitrogens with zero attached hydrogens (tertiary/aromatic N) is 1. The number of hydrogen-bond acceptors (Lipinski definition) is 5. The average Bonchev–Trinajstić information content (AvgIpc) is 2.92. The third kappa shape index (κ3) is 2.47. The molecule has 0 aliphatic heterocycles. The number of anilines is 2. The Kier molecular flexibility index (Phi) is 3.23. The average molecular weight is 297 g/mol. The zero-order valence-electron chi connectivity index (χ0n) is 11.3. The molecule has 0 aliphatic rings. The minimum atomic E-state index is -0.503. The van der Waals surface area contributed by atoms with Gasteiger partial charge in [-0.3, -0.25) is 14.9 Å². The highest BCUT2D eigenvalue weighted by Gasteiger charge is 2.15. The summed E-state index contributed by atoms with van der Waals surface area (Å²) in [6.07, 6.45) is 0. The Labute approximate surface area is 124 Å². The van der Waals surface area contributed by atoms with E-state index in [0.29, 0.717) is 22.3 Å². The molecule has 3 rings (SSSR count). The van der Waals surface area contributed by atoms with E-state index in [-0.39, 0.29) is 11.4 Å². The molecule has 0 atom stereocenters. The van der Waals surface area contributed by atoms with E-state index in [1.165, 1.54) is 24.3 Å². The first-order valence-corrected chi connectivity index (χ1v) is 6.38. The lowest BCUT2D eigenvalue weighted by Crippen LogP contribution is -2.12. The fourth-order valence-electron chi connectivity index (χ4n) is 2.05. The number of carbonyl (C=O) groups excluding carboxylic acids is 1. The predicted molar refractivity (Wildman–Crippen MR) is 81.7 cm³/mol. The lowest BCUT2D eigenvalue weighted by Gasteiger charge is -2.05. The van der Waals surface area contributed by atoms with Crippen LogP contribution in [0.1, 0.15) is 10.6 Å². The first-order chi connectivity index (χ1) is 10.5. The number of hydrogen-bond donors (Lipinski definition) is 2. The standard InChI is InChI=1S/C15H11N3O4/c16-11-3-1-2-4-12(11)17-15(19)14-8-9-7-10(18(20)21)5-6-13(9)22-14/h1-8H,16H2,(H,17,19). The van der Waals surface area contributed by atoms with E-state index in [9.17, 15) is 14.9 Å². The number of non-ortho nitro benzene ring substituents is 1. The molecule has 110 valence electrons. The number of fused-ring (bicyclic) bond motifs is 1. The molecule has 0 saturated heterocycles. The van der Waals surface area contributed by atoms with Crippen LogP contribution in [0.4, 0.5) is 17.1 Å². The van der Waals surface area contributed by atoms with Crippen LogP contribution >= 0.6 is 0 Å². The third-order valence-electron chi connectivity index (χ3n) is 3.14. The van der Waals surface area contributed by atoms with Crippen LogP contribution < -0.4 is 11.1 Å². The second-order valence-electron chi connectivity index (χ2n) is 4.63. The molecule has 3 N–H and O–H groups in total. The summed E-state index contributed by atoms with van der Waals surface area (Å²) in [5.74, 6) is -0.421. The molecular formula is C15H11N3O4. The van der Waals surface area contributed by atoms with Gasteiger partial charge in [0.25, 0.3) is 11.6 Å². The highest BCUT2D eigenvalue weighted by Crippen LogP contribution is 2.25. The second-order valence-corrected chi connectivity index (χ2v) is 4.63. The largest absolute Gasteiger partial charge is 0.451 e. The Morgan fingerprint density at radius 3 is 2.68 bits per heavy atom. The van der Waals surface area contributed by atoms with Gasteiger partial charge in [-0.05, 0) is 24.3 Å². The van der Waals surface area contributed by atoms with Gasteiger partial charge in [-0.2, -0.15) is 0 Å². The fraction of sp³-hybridized carbons (Fsp3) is 0. The fourth-order valence-corrected chi connectivity index (χ4v) is 2.05. The smallest absolute Gasteiger partial charge is 0.291 e. The Bertz CT molecular complexity index is 885. The topological polar surface area (TPSA) is 111 Å². The van der Waals surface area contributed by atoms with Crippen LogP contribution in [0.15, 0.2) is 52.9 Å². The molecule has 0 aliphatic carbocycles. The molecule has 0 bridgehead atoms. The number of nitrogens with two attached hydrogens (primary N) is 1. The summed E-state index contributed by atoms with van der Waals surface area (Å²) in [7, 11) is 0. The van der Waals surface area contributed by atoms with Gasteiger partial charge in [0, 0.05) is 17.5 Å². The molecule has 0 unspecified atom stereocenters. The lowest BCUT2D eigenvalue weighted by atomic mass is 10.2. The Balaban J connectivity index is 1.91. The van der Waals surface area contributed by atoms with Crippen molar-refractivity contribution in [1.82, 2.24) is 0 Å². The minimum Gasteiger partial charge on any atom is -0.451 e. The quantitative estimate of drug-likeness (QED) is 0.438. The van der Waals surface area contributed by atoms with Gasteiger partial charge in [-0.25, -0.2) is 0 Å². The zero-order valence-corrected chi connectivity index (χ0v) is 11.3. The van der Waals surface area contributed by atoms with Gasteiger partial charge < -0.3 is 15.5 Å². The van der Waals surface area contributed by atoms with Gasteiger partial charge in [-0.1, -0.05) is 12.1 Å². The van der Waals surface area contributed by atoms with Gasteiger partial charge in [-0.15, -0.1) is 0 Å². The van der Waals surface area contributed by atoms with Crippen molar-refractivity contribution < 1.29 is 14.1 Å². The van der Waals surface area contributed by atoms with Crippen molar-refractivity contribution in [1.29, 1.82) is 0 Å². The van der Waals surface area contributed by atoms with Gasteiger partial charge in [0.15, 0.2) is 5.76 Å². The van der Waals surface area contributed by atoms with Gasteiger partial charge in [0.05, 0.1) is 16.3 Å². The number of carbonyl (C=O) groups is 1. The van der Waals surface area contributed by atoms with E-state index in [1.54, 1.807) is 24.3 Å². The molecule has 22 heavy (non-hydrogen) atoms. The van der Waals surface area contributed by atoms with Gasteiger partial charge in [0.1, 0.15) is 5.58 Å². The number of nitrogens with one attached hydrogen (secondary N) is 1. The SMILES string of the molecule is Nc1ccccc1NC(=O)c1cc2cc([N+](=O)[O-])ccc2o1. The van der Waals surface area contributed by atoms with Gasteiger partial charge in [0.2, 0.25) is 0 Å². The van der Waals surface area contributed by atoms with Crippen LogP contribution in [0, 0.1) is 10.1 Å². The summed E-state index contributed by atoms with van der Waals surface area (Å²) < 4.78 is 5.40. The molecule has 0 spiro atoms. The van der Waals surface area contributed by atoms with Crippen LogP contribution in [-0.4, -0.2) is 10.8 Å². The van der Waals surface area contributed by atoms with Crippen molar-refractivity contribution in [2.24, 2.45) is 0 Å². The number of nitro groups is 1. The number of para-hydroxylation sites is 2.